The smallest absolute Gasteiger partial charge is 0.339 e. The van der Waals surface area contributed by atoms with Crippen molar-refractivity contribution in [2.45, 2.75) is 19.4 Å². The minimum atomic E-state index is -0.923. The maximum Gasteiger partial charge on any atom is 0.339 e. The summed E-state index contributed by atoms with van der Waals surface area (Å²) in [4.78, 5) is 32.9. The van der Waals surface area contributed by atoms with Gasteiger partial charge >= 0.3 is 5.97 Å². The number of anilines is 1. The number of pyridine rings is 1. The number of hydrogen-bond acceptors (Lipinski definition) is 6. The molecule has 0 unspecified atom stereocenters. The molecule has 0 saturated carbocycles. The van der Waals surface area contributed by atoms with Gasteiger partial charge in [-0.05, 0) is 48.9 Å². The summed E-state index contributed by atoms with van der Waals surface area (Å²) >= 11 is 1.68. The van der Waals surface area contributed by atoms with E-state index in [1.165, 1.54) is 36.2 Å². The van der Waals surface area contributed by atoms with E-state index in [2.05, 4.69) is 21.4 Å². The van der Waals surface area contributed by atoms with Gasteiger partial charge in [0.25, 0.3) is 5.91 Å². The largest absolute Gasteiger partial charge is 0.449 e. The van der Waals surface area contributed by atoms with Gasteiger partial charge in [0, 0.05) is 24.5 Å². The van der Waals surface area contributed by atoms with Crippen LogP contribution in [-0.4, -0.2) is 27.9 Å². The number of benzene rings is 2. The normalized spacial score (nSPS) is 11.8. The predicted octanol–water partition coefficient (Wildman–Crippen LogP) is 4.47. The molecule has 2 aromatic carbocycles. The molecule has 2 heterocycles. The standard InChI is InChI=1S/C23H19N3O3S/c1-15(29-23(28)17-10-12-24-13-11-17)22(27)25-18-8-6-16(7-9-18)14-21-26-19-4-2-3-5-20(19)30-21/h2-13,15H,14H2,1H3,(H,25,27)/t15-/m1/s1. The number of thiazole rings is 1. The van der Waals surface area contributed by atoms with Gasteiger partial charge in [-0.15, -0.1) is 11.3 Å². The van der Waals surface area contributed by atoms with Gasteiger partial charge in [0.05, 0.1) is 20.8 Å². The molecule has 0 aliphatic heterocycles. The Kier molecular flexibility index (Phi) is 5.81. The lowest BCUT2D eigenvalue weighted by molar-refractivity contribution is -0.123. The van der Waals surface area contributed by atoms with E-state index in [9.17, 15) is 9.59 Å². The number of para-hydroxylation sites is 1. The number of esters is 1. The summed E-state index contributed by atoms with van der Waals surface area (Å²) < 4.78 is 6.39. The highest BCUT2D eigenvalue weighted by Gasteiger charge is 2.19. The molecular formula is C23H19N3O3S. The maximum atomic E-state index is 12.3. The molecule has 0 radical (unpaired) electrons. The molecule has 4 aromatic rings. The lowest BCUT2D eigenvalue weighted by Gasteiger charge is -2.13. The van der Waals surface area contributed by atoms with E-state index >= 15 is 0 Å². The monoisotopic (exact) mass is 417 g/mol. The number of nitrogens with one attached hydrogen (secondary N) is 1. The third-order valence-corrected chi connectivity index (χ3v) is 5.52. The molecule has 30 heavy (non-hydrogen) atoms. The third-order valence-electron chi connectivity index (χ3n) is 4.48. The Morgan fingerprint density at radius 3 is 2.50 bits per heavy atom. The van der Waals surface area contributed by atoms with Crippen LogP contribution in [0.15, 0.2) is 73.1 Å². The zero-order valence-electron chi connectivity index (χ0n) is 16.2. The van der Waals surface area contributed by atoms with Crippen molar-refractivity contribution in [2.24, 2.45) is 0 Å². The van der Waals surface area contributed by atoms with E-state index in [0.29, 0.717) is 11.3 Å². The van der Waals surface area contributed by atoms with Gasteiger partial charge in [0.15, 0.2) is 6.10 Å². The molecule has 1 amide bonds. The summed E-state index contributed by atoms with van der Waals surface area (Å²) in [6, 6.07) is 18.7. The second-order valence-corrected chi connectivity index (χ2v) is 7.84. The summed E-state index contributed by atoms with van der Waals surface area (Å²) in [5.41, 5.74) is 3.10. The number of fused-ring (bicyclic) bond motifs is 1. The van der Waals surface area contributed by atoms with Crippen LogP contribution in [0.4, 0.5) is 5.69 Å². The number of hydrogen-bond donors (Lipinski definition) is 1. The molecule has 0 fully saturated rings. The number of amides is 1. The van der Waals surface area contributed by atoms with E-state index in [1.54, 1.807) is 11.3 Å². The highest BCUT2D eigenvalue weighted by molar-refractivity contribution is 7.18. The molecule has 0 spiro atoms. The topological polar surface area (TPSA) is 81.2 Å². The zero-order valence-corrected chi connectivity index (χ0v) is 17.1. The Morgan fingerprint density at radius 1 is 1.03 bits per heavy atom. The first-order valence-corrected chi connectivity index (χ1v) is 10.3. The number of ether oxygens (including phenoxy) is 1. The van der Waals surface area contributed by atoms with Crippen molar-refractivity contribution in [3.63, 3.8) is 0 Å². The number of carbonyl (C=O) groups excluding carboxylic acids is 2. The van der Waals surface area contributed by atoms with E-state index in [-0.39, 0.29) is 0 Å². The van der Waals surface area contributed by atoms with Gasteiger partial charge in [0.2, 0.25) is 0 Å². The van der Waals surface area contributed by atoms with Gasteiger partial charge < -0.3 is 10.1 Å². The van der Waals surface area contributed by atoms with E-state index < -0.39 is 18.0 Å². The fourth-order valence-corrected chi connectivity index (χ4v) is 3.89. The Bertz CT molecular complexity index is 1140. The summed E-state index contributed by atoms with van der Waals surface area (Å²) in [5.74, 6) is -0.956. The Morgan fingerprint density at radius 2 is 1.77 bits per heavy atom. The van der Waals surface area contributed by atoms with Crippen LogP contribution in [0.25, 0.3) is 10.2 Å². The summed E-state index contributed by atoms with van der Waals surface area (Å²) in [6.07, 6.45) is 2.80. The first-order valence-electron chi connectivity index (χ1n) is 9.44. The Hall–Kier alpha value is -3.58. The van der Waals surface area contributed by atoms with E-state index in [4.69, 9.17) is 4.74 Å². The number of carbonyl (C=O) groups is 2. The van der Waals surface area contributed by atoms with Gasteiger partial charge in [-0.2, -0.15) is 0 Å². The summed E-state index contributed by atoms with van der Waals surface area (Å²) in [6.45, 7) is 1.54. The molecule has 0 saturated heterocycles. The van der Waals surface area contributed by atoms with E-state index in [1.807, 2.05) is 42.5 Å². The summed E-state index contributed by atoms with van der Waals surface area (Å²) in [5, 5.41) is 3.82. The van der Waals surface area contributed by atoms with Crippen LogP contribution in [0, 0.1) is 0 Å². The van der Waals surface area contributed by atoms with Crippen LogP contribution in [0.2, 0.25) is 0 Å². The van der Waals surface area contributed by atoms with Crippen molar-refractivity contribution in [2.75, 3.05) is 5.32 Å². The van der Waals surface area contributed by atoms with Gasteiger partial charge in [-0.3, -0.25) is 9.78 Å². The Labute approximate surface area is 177 Å². The fraction of sp³-hybridized carbons (Fsp3) is 0.130. The molecule has 7 heteroatoms. The molecule has 2 aromatic heterocycles. The molecule has 0 aliphatic carbocycles. The first kappa shape index (κ1) is 19.7. The number of rotatable bonds is 6. The highest BCUT2D eigenvalue weighted by Crippen LogP contribution is 2.24. The number of aromatic nitrogens is 2. The molecule has 4 rings (SSSR count). The SMILES string of the molecule is C[C@@H](OC(=O)c1ccncc1)C(=O)Nc1ccc(Cc2nc3ccccc3s2)cc1. The molecular weight excluding hydrogens is 398 g/mol. The van der Waals surface area contributed by atoms with Crippen LogP contribution < -0.4 is 5.32 Å². The minimum Gasteiger partial charge on any atom is -0.449 e. The molecule has 150 valence electrons. The molecule has 1 atom stereocenters. The van der Waals surface area contributed by atoms with Gasteiger partial charge in [-0.1, -0.05) is 24.3 Å². The van der Waals surface area contributed by atoms with Crippen molar-refractivity contribution in [1.29, 1.82) is 0 Å². The lowest BCUT2D eigenvalue weighted by atomic mass is 10.1. The van der Waals surface area contributed by atoms with Crippen molar-refractivity contribution in [3.05, 3.63) is 89.2 Å². The average molecular weight is 417 g/mol. The van der Waals surface area contributed by atoms with Crippen molar-refractivity contribution < 1.29 is 14.3 Å². The van der Waals surface area contributed by atoms with Crippen molar-refractivity contribution in [1.82, 2.24) is 9.97 Å². The van der Waals surface area contributed by atoms with Crippen LogP contribution in [0.5, 0.6) is 0 Å². The predicted molar refractivity (Wildman–Crippen MR) is 117 cm³/mol. The molecule has 1 N–H and O–H groups in total. The van der Waals surface area contributed by atoms with Crippen LogP contribution in [0.3, 0.4) is 0 Å². The fourth-order valence-electron chi connectivity index (χ4n) is 2.89. The Balaban J connectivity index is 1.34. The second-order valence-electron chi connectivity index (χ2n) is 6.72. The van der Waals surface area contributed by atoms with Crippen molar-refractivity contribution in [3.8, 4) is 0 Å². The minimum absolute atomic E-state index is 0.351. The van der Waals surface area contributed by atoms with Gasteiger partial charge in [-0.25, -0.2) is 9.78 Å². The second kappa shape index (κ2) is 8.84. The summed E-state index contributed by atoms with van der Waals surface area (Å²) in [7, 11) is 0. The zero-order chi connectivity index (χ0) is 20.9. The molecule has 0 aliphatic rings. The quantitative estimate of drug-likeness (QED) is 0.468. The van der Waals surface area contributed by atoms with Gasteiger partial charge in [0.1, 0.15) is 0 Å². The van der Waals surface area contributed by atoms with E-state index in [0.717, 1.165) is 22.5 Å². The van der Waals surface area contributed by atoms with Crippen LogP contribution in [0.1, 0.15) is 27.9 Å². The third kappa shape index (κ3) is 4.69. The first-order chi connectivity index (χ1) is 14.6. The van der Waals surface area contributed by atoms with Crippen molar-refractivity contribution >= 4 is 39.1 Å². The maximum absolute atomic E-state index is 12.3. The molecule has 0 bridgehead atoms. The number of nitrogens with zero attached hydrogens (tertiary/aromatic N) is 2. The lowest BCUT2D eigenvalue weighted by Crippen LogP contribution is -2.30. The average Bonchev–Trinajstić information content (AvgIpc) is 3.18. The molecule has 6 nitrogen and oxygen atoms in total. The van der Waals surface area contributed by atoms with Crippen LogP contribution >= 0.6 is 11.3 Å². The van der Waals surface area contributed by atoms with Crippen LogP contribution in [-0.2, 0) is 16.0 Å². The highest BCUT2D eigenvalue weighted by atomic mass is 32.1.